The summed E-state index contributed by atoms with van der Waals surface area (Å²) < 4.78 is 13.6. The molecule has 0 saturated carbocycles. The van der Waals surface area contributed by atoms with Gasteiger partial charge in [0, 0.05) is 18.5 Å². The minimum Gasteiger partial charge on any atom is -0.390 e. The van der Waals surface area contributed by atoms with Crippen LogP contribution in [0, 0.1) is 5.82 Å². The van der Waals surface area contributed by atoms with Gasteiger partial charge in [-0.3, -0.25) is 4.79 Å². The van der Waals surface area contributed by atoms with E-state index < -0.39 is 5.82 Å². The summed E-state index contributed by atoms with van der Waals surface area (Å²) in [5.74, 6) is -0.660. The second-order valence-corrected chi connectivity index (χ2v) is 7.02. The van der Waals surface area contributed by atoms with E-state index in [2.05, 4.69) is 5.16 Å². The zero-order valence-electron chi connectivity index (χ0n) is 15.9. The first kappa shape index (κ1) is 18.9. The zero-order valence-corrected chi connectivity index (χ0v) is 15.9. The summed E-state index contributed by atoms with van der Waals surface area (Å²) in [5, 5.41) is 4.21. The third-order valence-corrected chi connectivity index (χ3v) is 4.84. The molecule has 1 heterocycles. The van der Waals surface area contributed by atoms with Gasteiger partial charge in [-0.1, -0.05) is 71.9 Å². The van der Waals surface area contributed by atoms with Gasteiger partial charge in [0.25, 0.3) is 5.91 Å². The van der Waals surface area contributed by atoms with Crippen LogP contribution in [0.3, 0.4) is 0 Å². The quantitative estimate of drug-likeness (QED) is 0.616. The first-order valence-corrected chi connectivity index (χ1v) is 9.56. The molecule has 1 aliphatic heterocycles. The van der Waals surface area contributed by atoms with Crippen LogP contribution >= 0.6 is 0 Å². The molecule has 4 rings (SSSR count). The van der Waals surface area contributed by atoms with E-state index in [9.17, 15) is 9.18 Å². The molecule has 29 heavy (non-hydrogen) atoms. The van der Waals surface area contributed by atoms with E-state index in [1.54, 1.807) is 17.0 Å². The van der Waals surface area contributed by atoms with Gasteiger partial charge in [-0.2, -0.15) is 0 Å². The van der Waals surface area contributed by atoms with Crippen molar-refractivity contribution < 1.29 is 14.0 Å². The molecule has 0 spiro atoms. The maximum atomic E-state index is 13.6. The molecule has 146 valence electrons. The van der Waals surface area contributed by atoms with Crippen molar-refractivity contribution >= 4 is 11.6 Å². The Morgan fingerprint density at radius 3 is 2.45 bits per heavy atom. The number of hydrogen-bond acceptors (Lipinski definition) is 3. The second kappa shape index (κ2) is 8.69. The lowest BCUT2D eigenvalue weighted by Gasteiger charge is -2.25. The van der Waals surface area contributed by atoms with Crippen molar-refractivity contribution in [2.45, 2.75) is 19.1 Å². The van der Waals surface area contributed by atoms with Crippen LogP contribution < -0.4 is 0 Å². The molecule has 0 saturated heterocycles. The van der Waals surface area contributed by atoms with Crippen LogP contribution in [0.5, 0.6) is 0 Å². The summed E-state index contributed by atoms with van der Waals surface area (Å²) in [6.07, 6.45) is 0.373. The molecule has 1 aliphatic rings. The number of carbonyl (C=O) groups excluding carboxylic acids is 1. The highest BCUT2D eigenvalue weighted by Crippen LogP contribution is 2.20. The average molecular weight is 388 g/mol. The molecule has 5 heteroatoms. The minimum atomic E-state index is -0.428. The number of hydrogen-bond donors (Lipinski definition) is 0. The summed E-state index contributed by atoms with van der Waals surface area (Å²) in [7, 11) is 0. The second-order valence-electron chi connectivity index (χ2n) is 7.02. The van der Waals surface area contributed by atoms with Crippen molar-refractivity contribution in [3.05, 3.63) is 107 Å². The predicted molar refractivity (Wildman–Crippen MR) is 110 cm³/mol. The molecule has 0 fully saturated rings. The van der Waals surface area contributed by atoms with Gasteiger partial charge in [0.2, 0.25) is 0 Å². The molecule has 0 aromatic heterocycles. The summed E-state index contributed by atoms with van der Waals surface area (Å²) >= 11 is 0. The molecule has 0 radical (unpaired) electrons. The third-order valence-electron chi connectivity index (χ3n) is 4.84. The Morgan fingerprint density at radius 1 is 1.00 bits per heavy atom. The van der Waals surface area contributed by atoms with Crippen LogP contribution in [0.25, 0.3) is 0 Å². The molecule has 0 N–H and O–H groups in total. The minimum absolute atomic E-state index is 0.231. The lowest BCUT2D eigenvalue weighted by molar-refractivity contribution is 0.0405. The number of halogens is 1. The highest BCUT2D eigenvalue weighted by atomic mass is 19.1. The van der Waals surface area contributed by atoms with Crippen molar-refractivity contribution in [2.75, 3.05) is 6.54 Å². The Bertz CT molecular complexity index is 1010. The molecule has 0 bridgehead atoms. The van der Waals surface area contributed by atoms with Gasteiger partial charge < -0.3 is 9.74 Å². The van der Waals surface area contributed by atoms with Crippen LogP contribution in [0.2, 0.25) is 0 Å². The Kier molecular flexibility index (Phi) is 5.66. The molecule has 1 atom stereocenters. The number of amides is 1. The highest BCUT2D eigenvalue weighted by molar-refractivity contribution is 6.01. The maximum absolute atomic E-state index is 13.6. The van der Waals surface area contributed by atoms with E-state index in [0.717, 1.165) is 16.8 Å². The summed E-state index contributed by atoms with van der Waals surface area (Å²) in [6, 6.07) is 25.4. The number of oxime groups is 1. The fourth-order valence-corrected chi connectivity index (χ4v) is 3.40. The molecule has 1 amide bonds. The molecule has 3 aromatic rings. The Morgan fingerprint density at radius 2 is 1.72 bits per heavy atom. The monoisotopic (exact) mass is 388 g/mol. The molecule has 0 aliphatic carbocycles. The first-order valence-electron chi connectivity index (χ1n) is 9.56. The van der Waals surface area contributed by atoms with Crippen LogP contribution in [-0.4, -0.2) is 29.2 Å². The Hall–Kier alpha value is -3.47. The van der Waals surface area contributed by atoms with Crippen LogP contribution in [0.4, 0.5) is 4.39 Å². The molecule has 3 aromatic carbocycles. The predicted octanol–water partition coefficient (Wildman–Crippen LogP) is 4.66. The molecular formula is C24H21FN2O2. The van der Waals surface area contributed by atoms with Gasteiger partial charge >= 0.3 is 0 Å². The van der Waals surface area contributed by atoms with E-state index in [4.69, 9.17) is 4.84 Å². The van der Waals surface area contributed by atoms with Gasteiger partial charge in [0.05, 0.1) is 12.3 Å². The van der Waals surface area contributed by atoms with Crippen molar-refractivity contribution in [3.8, 4) is 0 Å². The first-order chi connectivity index (χ1) is 14.2. The van der Waals surface area contributed by atoms with Crippen molar-refractivity contribution in [2.24, 2.45) is 5.16 Å². The van der Waals surface area contributed by atoms with Crippen molar-refractivity contribution in [3.63, 3.8) is 0 Å². The average Bonchev–Trinajstić information content (AvgIpc) is 3.23. The SMILES string of the molecule is O=C(c1cccc(F)c1)N(Cc1ccccc1)CC1CC(c2ccccc2)=NO1. The zero-order chi connectivity index (χ0) is 20.1. The lowest BCUT2D eigenvalue weighted by Crippen LogP contribution is -2.37. The molecular weight excluding hydrogens is 367 g/mol. The van der Waals surface area contributed by atoms with Gasteiger partial charge in [-0.05, 0) is 29.3 Å². The van der Waals surface area contributed by atoms with Crippen LogP contribution in [0.15, 0.2) is 90.1 Å². The van der Waals surface area contributed by atoms with E-state index in [-0.39, 0.29) is 12.0 Å². The fourth-order valence-electron chi connectivity index (χ4n) is 3.40. The van der Waals surface area contributed by atoms with Gasteiger partial charge in [0.1, 0.15) is 5.82 Å². The van der Waals surface area contributed by atoms with E-state index in [1.165, 1.54) is 12.1 Å². The van der Waals surface area contributed by atoms with Gasteiger partial charge in [-0.15, -0.1) is 0 Å². The van der Waals surface area contributed by atoms with E-state index in [1.807, 2.05) is 60.7 Å². The molecule has 1 unspecified atom stereocenters. The smallest absolute Gasteiger partial charge is 0.254 e. The van der Waals surface area contributed by atoms with Gasteiger partial charge in [0.15, 0.2) is 6.10 Å². The number of carbonyl (C=O) groups is 1. The summed E-state index contributed by atoms with van der Waals surface area (Å²) in [6.45, 7) is 0.779. The number of benzene rings is 3. The van der Waals surface area contributed by atoms with Crippen molar-refractivity contribution in [1.82, 2.24) is 4.90 Å². The Balaban J connectivity index is 1.51. The van der Waals surface area contributed by atoms with Gasteiger partial charge in [-0.25, -0.2) is 4.39 Å². The largest absolute Gasteiger partial charge is 0.390 e. The van der Waals surface area contributed by atoms with Crippen molar-refractivity contribution in [1.29, 1.82) is 0 Å². The summed E-state index contributed by atoms with van der Waals surface area (Å²) in [5.41, 5.74) is 3.21. The molecule has 4 nitrogen and oxygen atoms in total. The topological polar surface area (TPSA) is 41.9 Å². The van der Waals surface area contributed by atoms with E-state index >= 15 is 0 Å². The van der Waals surface area contributed by atoms with Crippen LogP contribution in [0.1, 0.15) is 27.9 Å². The van der Waals surface area contributed by atoms with E-state index in [0.29, 0.717) is 25.1 Å². The highest BCUT2D eigenvalue weighted by Gasteiger charge is 2.27. The lowest BCUT2D eigenvalue weighted by atomic mass is 10.0. The standard InChI is InChI=1S/C24H21FN2O2/c25-21-13-7-12-20(14-21)24(28)27(16-18-8-3-1-4-9-18)17-22-15-23(26-29-22)19-10-5-2-6-11-19/h1-14,22H,15-17H2. The van der Waals surface area contributed by atoms with Crippen LogP contribution in [-0.2, 0) is 11.4 Å². The fraction of sp³-hybridized carbons (Fsp3) is 0.167. The number of nitrogens with zero attached hydrogens (tertiary/aromatic N) is 2. The maximum Gasteiger partial charge on any atom is 0.254 e. The number of rotatable bonds is 6. The normalized spacial score (nSPS) is 15.5. The Labute approximate surface area is 169 Å². The summed E-state index contributed by atoms with van der Waals surface area (Å²) in [4.78, 5) is 20.4. The third kappa shape index (κ3) is 4.69.